The monoisotopic (exact) mass is 353 g/mol. The maximum Gasteiger partial charge on any atom is 0.244 e. The minimum atomic E-state index is -1.27. The number of benzene rings is 3. The number of piperidine rings is 1. The number of hydrogen-bond donors (Lipinski definition) is 1. The number of amides is 2. The Hall–Kier alpha value is -3.70. The first-order valence-corrected chi connectivity index (χ1v) is 8.57. The molecule has 0 aromatic heterocycles. The van der Waals surface area contributed by atoms with E-state index in [2.05, 4.69) is 5.32 Å². The highest BCUT2D eigenvalue weighted by molar-refractivity contribution is 6.09. The van der Waals surface area contributed by atoms with Crippen LogP contribution in [0.5, 0.6) is 0 Å². The predicted octanol–water partition coefficient (Wildman–Crippen LogP) is 3.19. The number of nitrogens with one attached hydrogen (secondary N) is 1. The van der Waals surface area contributed by atoms with Crippen molar-refractivity contribution in [3.05, 3.63) is 60.2 Å². The number of carbonyl (C=O) groups is 2. The molecule has 5 nitrogen and oxygen atoms in total. The van der Waals surface area contributed by atoms with Crippen molar-refractivity contribution < 1.29 is 9.59 Å². The second kappa shape index (κ2) is 5.93. The molecule has 1 aliphatic rings. The fourth-order valence-corrected chi connectivity index (χ4v) is 4.25. The van der Waals surface area contributed by atoms with Crippen LogP contribution in [-0.4, -0.2) is 11.8 Å². The van der Waals surface area contributed by atoms with E-state index in [0.29, 0.717) is 5.56 Å². The SMILES string of the molecule is CC1(c2c3ccccc3cc3ccccc23)C(C#N)C(=O)NC(=O)C1C#N. The Morgan fingerprint density at radius 2 is 1.30 bits per heavy atom. The zero-order chi connectivity index (χ0) is 19.2. The lowest BCUT2D eigenvalue weighted by atomic mass is 9.60. The first kappa shape index (κ1) is 16.8. The molecule has 27 heavy (non-hydrogen) atoms. The van der Waals surface area contributed by atoms with Crippen LogP contribution in [0.2, 0.25) is 0 Å². The van der Waals surface area contributed by atoms with Crippen LogP contribution in [0.4, 0.5) is 0 Å². The molecule has 0 bridgehead atoms. The lowest BCUT2D eigenvalue weighted by molar-refractivity contribution is -0.140. The van der Waals surface area contributed by atoms with Gasteiger partial charge in [0.15, 0.2) is 0 Å². The quantitative estimate of drug-likeness (QED) is 0.537. The lowest BCUT2D eigenvalue weighted by Crippen LogP contribution is -2.58. The molecule has 1 saturated heterocycles. The number of hydrogen-bond acceptors (Lipinski definition) is 4. The largest absolute Gasteiger partial charge is 0.294 e. The minimum Gasteiger partial charge on any atom is -0.294 e. The Bertz CT molecular complexity index is 1110. The normalized spacial score (nSPS) is 25.0. The highest BCUT2D eigenvalue weighted by Gasteiger charge is 2.55. The van der Waals surface area contributed by atoms with Crippen molar-refractivity contribution in [3.63, 3.8) is 0 Å². The van der Waals surface area contributed by atoms with Crippen molar-refractivity contribution in [1.82, 2.24) is 5.32 Å². The number of nitrogens with zero attached hydrogens (tertiary/aromatic N) is 2. The van der Waals surface area contributed by atoms with Gasteiger partial charge in [0.05, 0.1) is 12.1 Å². The van der Waals surface area contributed by atoms with Crippen molar-refractivity contribution in [2.24, 2.45) is 11.8 Å². The Labute approximate surface area is 155 Å². The van der Waals surface area contributed by atoms with Gasteiger partial charge in [-0.3, -0.25) is 14.9 Å². The first-order chi connectivity index (χ1) is 13.0. The van der Waals surface area contributed by atoms with Gasteiger partial charge in [0, 0.05) is 5.41 Å². The number of carbonyl (C=O) groups excluding carboxylic acids is 2. The van der Waals surface area contributed by atoms with Gasteiger partial charge in [-0.05, 0) is 33.2 Å². The van der Waals surface area contributed by atoms with E-state index < -0.39 is 29.1 Å². The zero-order valence-electron chi connectivity index (χ0n) is 14.6. The molecule has 2 atom stereocenters. The van der Waals surface area contributed by atoms with Gasteiger partial charge in [0.25, 0.3) is 0 Å². The van der Waals surface area contributed by atoms with Gasteiger partial charge < -0.3 is 0 Å². The standard InChI is InChI=1S/C22H15N3O2/c1-22(17(11-23)20(26)25-21(27)18(22)12-24)19-15-8-4-2-6-13(15)10-14-7-3-5-9-16(14)19/h2-10,17-18H,1H3,(H,25,26,27). The first-order valence-electron chi connectivity index (χ1n) is 8.57. The summed E-state index contributed by atoms with van der Waals surface area (Å²) in [5, 5.41) is 25.3. The fourth-order valence-electron chi connectivity index (χ4n) is 4.25. The van der Waals surface area contributed by atoms with Crippen molar-refractivity contribution in [2.75, 3.05) is 0 Å². The Morgan fingerprint density at radius 1 is 0.852 bits per heavy atom. The molecule has 1 N–H and O–H groups in total. The van der Waals surface area contributed by atoms with E-state index in [1.165, 1.54) is 0 Å². The van der Waals surface area contributed by atoms with E-state index in [4.69, 9.17) is 0 Å². The van der Waals surface area contributed by atoms with Crippen LogP contribution >= 0.6 is 0 Å². The Kier molecular flexibility index (Phi) is 3.68. The summed E-state index contributed by atoms with van der Waals surface area (Å²) < 4.78 is 0. The average Bonchev–Trinajstić information content (AvgIpc) is 2.66. The van der Waals surface area contributed by atoms with Gasteiger partial charge in [-0.2, -0.15) is 10.5 Å². The van der Waals surface area contributed by atoms with E-state index in [1.807, 2.05) is 66.7 Å². The van der Waals surface area contributed by atoms with Crippen LogP contribution in [0.3, 0.4) is 0 Å². The molecular formula is C22H15N3O2. The summed E-state index contributed by atoms with van der Waals surface area (Å²) in [6.07, 6.45) is 0. The molecule has 130 valence electrons. The molecule has 0 saturated carbocycles. The van der Waals surface area contributed by atoms with Crippen LogP contribution in [0.15, 0.2) is 54.6 Å². The number of fused-ring (bicyclic) bond motifs is 2. The highest BCUT2D eigenvalue weighted by atomic mass is 16.2. The van der Waals surface area contributed by atoms with Crippen LogP contribution in [0, 0.1) is 34.5 Å². The molecule has 1 fully saturated rings. The van der Waals surface area contributed by atoms with Gasteiger partial charge in [-0.15, -0.1) is 0 Å². The molecule has 2 unspecified atom stereocenters. The van der Waals surface area contributed by atoms with Crippen molar-refractivity contribution in [1.29, 1.82) is 10.5 Å². The molecule has 5 heteroatoms. The topological polar surface area (TPSA) is 93.8 Å². The highest BCUT2D eigenvalue weighted by Crippen LogP contribution is 2.47. The number of nitriles is 2. The van der Waals surface area contributed by atoms with Crippen LogP contribution in [-0.2, 0) is 15.0 Å². The van der Waals surface area contributed by atoms with E-state index in [-0.39, 0.29) is 0 Å². The number of imide groups is 1. The molecule has 0 radical (unpaired) electrons. The van der Waals surface area contributed by atoms with E-state index in [1.54, 1.807) is 6.92 Å². The molecular weight excluding hydrogens is 338 g/mol. The maximum absolute atomic E-state index is 12.5. The van der Waals surface area contributed by atoms with Gasteiger partial charge in [0.1, 0.15) is 11.8 Å². The molecule has 0 aliphatic carbocycles. The van der Waals surface area contributed by atoms with E-state index in [9.17, 15) is 20.1 Å². The molecule has 1 heterocycles. The summed E-state index contributed by atoms with van der Waals surface area (Å²) in [5.74, 6) is -3.63. The van der Waals surface area contributed by atoms with Gasteiger partial charge in [-0.25, -0.2) is 0 Å². The molecule has 1 aliphatic heterocycles. The zero-order valence-corrected chi connectivity index (χ0v) is 14.6. The average molecular weight is 353 g/mol. The summed E-state index contributed by atoms with van der Waals surface area (Å²) in [6, 6.07) is 21.4. The third kappa shape index (κ3) is 2.22. The molecule has 3 aromatic rings. The van der Waals surface area contributed by atoms with Crippen molar-refractivity contribution in [3.8, 4) is 12.1 Å². The maximum atomic E-state index is 12.5. The molecule has 3 aromatic carbocycles. The second-order valence-electron chi connectivity index (χ2n) is 6.95. The molecule has 4 rings (SSSR count). The molecule has 2 amide bonds. The van der Waals surface area contributed by atoms with Gasteiger partial charge >= 0.3 is 0 Å². The van der Waals surface area contributed by atoms with Gasteiger partial charge in [-0.1, -0.05) is 55.5 Å². The van der Waals surface area contributed by atoms with Crippen LogP contribution in [0.1, 0.15) is 12.5 Å². The van der Waals surface area contributed by atoms with E-state index >= 15 is 0 Å². The van der Waals surface area contributed by atoms with Crippen molar-refractivity contribution in [2.45, 2.75) is 12.3 Å². The van der Waals surface area contributed by atoms with Gasteiger partial charge in [0.2, 0.25) is 11.8 Å². The van der Waals surface area contributed by atoms with Crippen LogP contribution < -0.4 is 5.32 Å². The predicted molar refractivity (Wildman–Crippen MR) is 100 cm³/mol. The summed E-state index contributed by atoms with van der Waals surface area (Å²) in [7, 11) is 0. The lowest BCUT2D eigenvalue weighted by Gasteiger charge is -2.41. The van der Waals surface area contributed by atoms with E-state index in [0.717, 1.165) is 21.5 Å². The summed E-state index contributed by atoms with van der Waals surface area (Å²) >= 11 is 0. The number of rotatable bonds is 1. The summed E-state index contributed by atoms with van der Waals surface area (Å²) in [4.78, 5) is 25.0. The molecule has 0 spiro atoms. The smallest absolute Gasteiger partial charge is 0.244 e. The third-order valence-electron chi connectivity index (χ3n) is 5.54. The van der Waals surface area contributed by atoms with Crippen LogP contribution in [0.25, 0.3) is 21.5 Å². The fraction of sp³-hybridized carbons (Fsp3) is 0.182. The summed E-state index contributed by atoms with van der Waals surface area (Å²) in [5.41, 5.74) is -0.582. The second-order valence-corrected chi connectivity index (χ2v) is 6.95. The van der Waals surface area contributed by atoms with Crippen molar-refractivity contribution >= 4 is 33.4 Å². The summed E-state index contributed by atoms with van der Waals surface area (Å²) in [6.45, 7) is 1.68. The minimum absolute atomic E-state index is 0.659. The Balaban J connectivity index is 2.21. The Morgan fingerprint density at radius 3 is 1.74 bits per heavy atom. The third-order valence-corrected chi connectivity index (χ3v) is 5.54.